The van der Waals surface area contributed by atoms with Gasteiger partial charge in [-0.15, -0.1) is 0 Å². The Labute approximate surface area is 417 Å². The molecule has 0 aromatic heterocycles. The van der Waals surface area contributed by atoms with Crippen LogP contribution >= 0.6 is 0 Å². The molecule has 0 aromatic rings. The molecule has 4 N–H and O–H groups in total. The molecule has 1 saturated heterocycles. The molecule has 0 radical (unpaired) electrons. The molecule has 0 amide bonds. The van der Waals surface area contributed by atoms with Crippen molar-refractivity contribution in [3.63, 3.8) is 0 Å². The Balaban J connectivity index is 2.17. The summed E-state index contributed by atoms with van der Waals surface area (Å²) in [4.78, 5) is 12.9. The molecule has 9 nitrogen and oxygen atoms in total. The third kappa shape index (κ3) is 39.6. The van der Waals surface area contributed by atoms with Crippen molar-refractivity contribution in [3.8, 4) is 0 Å². The first-order chi connectivity index (χ1) is 33.4. The summed E-state index contributed by atoms with van der Waals surface area (Å²) in [5.74, 6) is -0.319. The predicted octanol–water partition coefficient (Wildman–Crippen LogP) is 14.6. The monoisotopic (exact) mass is 959 g/mol. The van der Waals surface area contributed by atoms with E-state index < -0.39 is 43.4 Å². The number of unbranched alkanes of at least 4 members (excludes halogenated alkanes) is 28. The van der Waals surface area contributed by atoms with Crippen LogP contribution in [0.1, 0.15) is 245 Å². The third-order valence-corrected chi connectivity index (χ3v) is 12.9. The summed E-state index contributed by atoms with van der Waals surface area (Å²) in [5.41, 5.74) is 0. The lowest BCUT2D eigenvalue weighted by Crippen LogP contribution is -2.59. The van der Waals surface area contributed by atoms with Crippen LogP contribution in [0.3, 0.4) is 0 Å². The zero-order chi connectivity index (χ0) is 49.2. The van der Waals surface area contributed by atoms with Gasteiger partial charge in [-0.1, -0.05) is 242 Å². The second kappa shape index (κ2) is 49.9. The molecule has 68 heavy (non-hydrogen) atoms. The number of carbonyl (C=O) groups is 1. The molecule has 6 atom stereocenters. The van der Waals surface area contributed by atoms with Gasteiger partial charge in [0.15, 0.2) is 6.29 Å². The number of aliphatic hydroxyl groups excluding tert-OH is 4. The standard InChI is InChI=1S/C59H106O9/c1-3-5-7-9-11-13-15-17-19-21-23-25-26-27-28-29-30-32-34-36-38-40-42-44-46-48-55(61)67-53(52-66-59-58(64)57(63)56(62)54(50-60)68-59)51-65-49-47-45-43-41-39-37-35-33-31-24-22-20-18-16-14-12-10-8-6-4-2/h6,8,12,14,18,20,24,31,35,37,53-54,56-60,62-64H,3-5,7,9-11,13,15-17,19,21-23,25-30,32-34,36,38-52H2,1-2H3/b8-6-,14-12-,20-18-,31-24-,37-35-. The number of ether oxygens (including phenoxy) is 4. The van der Waals surface area contributed by atoms with Gasteiger partial charge in [-0.25, -0.2) is 0 Å². The summed E-state index contributed by atoms with van der Waals surface area (Å²) in [6.45, 7) is 4.42. The summed E-state index contributed by atoms with van der Waals surface area (Å²) < 4.78 is 22.9. The van der Waals surface area contributed by atoms with Crippen LogP contribution in [0.4, 0.5) is 0 Å². The van der Waals surface area contributed by atoms with E-state index >= 15 is 0 Å². The van der Waals surface area contributed by atoms with E-state index in [1.54, 1.807) is 0 Å². The van der Waals surface area contributed by atoms with E-state index in [1.807, 2.05) is 0 Å². The zero-order valence-electron chi connectivity index (χ0n) is 43.9. The lowest BCUT2D eigenvalue weighted by atomic mass is 9.99. The number of hydrogen-bond acceptors (Lipinski definition) is 9. The minimum absolute atomic E-state index is 0.124. The first-order valence-electron chi connectivity index (χ1n) is 28.4. The third-order valence-electron chi connectivity index (χ3n) is 12.9. The predicted molar refractivity (Wildman–Crippen MR) is 284 cm³/mol. The maximum atomic E-state index is 12.9. The second-order valence-electron chi connectivity index (χ2n) is 19.4. The zero-order valence-corrected chi connectivity index (χ0v) is 43.9. The molecule has 1 fully saturated rings. The molecule has 1 aliphatic heterocycles. The summed E-state index contributed by atoms with van der Waals surface area (Å²) in [5, 5.41) is 40.3. The number of allylic oxidation sites excluding steroid dienone is 10. The van der Waals surface area contributed by atoms with Gasteiger partial charge < -0.3 is 39.4 Å². The van der Waals surface area contributed by atoms with E-state index in [0.29, 0.717) is 13.0 Å². The average Bonchev–Trinajstić information content (AvgIpc) is 3.34. The normalized spacial score (nSPS) is 19.5. The Morgan fingerprint density at radius 3 is 1.35 bits per heavy atom. The molecule has 1 heterocycles. The summed E-state index contributed by atoms with van der Waals surface area (Å²) in [6.07, 6.45) is 58.4. The van der Waals surface area contributed by atoms with Crippen molar-refractivity contribution in [2.45, 2.75) is 282 Å². The molecule has 0 spiro atoms. The molecule has 9 heteroatoms. The Morgan fingerprint density at radius 1 is 0.485 bits per heavy atom. The summed E-state index contributed by atoms with van der Waals surface area (Å²) >= 11 is 0. The van der Waals surface area contributed by atoms with E-state index in [0.717, 1.165) is 83.5 Å². The van der Waals surface area contributed by atoms with Crippen molar-refractivity contribution in [3.05, 3.63) is 60.8 Å². The van der Waals surface area contributed by atoms with Gasteiger partial charge in [0.1, 0.15) is 30.5 Å². The van der Waals surface area contributed by atoms with E-state index in [2.05, 4.69) is 74.6 Å². The summed E-state index contributed by atoms with van der Waals surface area (Å²) in [6, 6.07) is 0. The molecule has 1 aliphatic rings. The van der Waals surface area contributed by atoms with E-state index in [9.17, 15) is 25.2 Å². The van der Waals surface area contributed by atoms with Crippen LogP contribution in [0, 0.1) is 0 Å². The van der Waals surface area contributed by atoms with Crippen molar-refractivity contribution in [1.82, 2.24) is 0 Å². The van der Waals surface area contributed by atoms with Crippen LogP contribution < -0.4 is 0 Å². The van der Waals surface area contributed by atoms with Gasteiger partial charge in [0.25, 0.3) is 0 Å². The molecule has 0 aliphatic carbocycles. The highest BCUT2D eigenvalue weighted by atomic mass is 16.7. The second-order valence-corrected chi connectivity index (χ2v) is 19.4. The summed E-state index contributed by atoms with van der Waals surface area (Å²) in [7, 11) is 0. The quantitative estimate of drug-likeness (QED) is 0.0267. The van der Waals surface area contributed by atoms with E-state index in [4.69, 9.17) is 18.9 Å². The molecule has 1 rings (SSSR count). The van der Waals surface area contributed by atoms with Crippen LogP contribution in [-0.2, 0) is 23.7 Å². The SMILES string of the molecule is CC/C=C\C/C=C\C/C=C\C/C=C\C/C=C\CCCCCCOCC(COC1OC(CO)C(O)C(O)C1O)OC(=O)CCCCCCCCCCCCCCCCCCCCCCCCCCC. The van der Waals surface area contributed by atoms with Gasteiger partial charge in [-0.2, -0.15) is 0 Å². The molecular weight excluding hydrogens is 853 g/mol. The highest BCUT2D eigenvalue weighted by Crippen LogP contribution is 2.23. The Bertz CT molecular complexity index is 1230. The molecule has 396 valence electrons. The minimum atomic E-state index is -1.54. The first-order valence-corrected chi connectivity index (χ1v) is 28.4. The van der Waals surface area contributed by atoms with Gasteiger partial charge in [0.05, 0.1) is 19.8 Å². The fourth-order valence-electron chi connectivity index (χ4n) is 8.58. The van der Waals surface area contributed by atoms with Crippen LogP contribution in [0.15, 0.2) is 60.8 Å². The van der Waals surface area contributed by atoms with Crippen LogP contribution in [-0.4, -0.2) is 89.6 Å². The maximum Gasteiger partial charge on any atom is 0.306 e. The van der Waals surface area contributed by atoms with Crippen molar-refractivity contribution in [2.24, 2.45) is 0 Å². The fraction of sp³-hybridized carbons (Fsp3) is 0.814. The highest BCUT2D eigenvalue weighted by molar-refractivity contribution is 5.69. The molecule has 0 aromatic carbocycles. The number of esters is 1. The lowest BCUT2D eigenvalue weighted by molar-refractivity contribution is -0.305. The van der Waals surface area contributed by atoms with Gasteiger partial charge in [0.2, 0.25) is 0 Å². The number of hydrogen-bond donors (Lipinski definition) is 4. The van der Waals surface area contributed by atoms with E-state index in [1.165, 1.54) is 141 Å². The molecular formula is C59H106O9. The minimum Gasteiger partial charge on any atom is -0.457 e. The van der Waals surface area contributed by atoms with Gasteiger partial charge >= 0.3 is 5.97 Å². The number of aliphatic hydroxyl groups is 4. The van der Waals surface area contributed by atoms with Gasteiger partial charge in [0, 0.05) is 13.0 Å². The van der Waals surface area contributed by atoms with Crippen LogP contribution in [0.5, 0.6) is 0 Å². The Morgan fingerprint density at radius 2 is 0.897 bits per heavy atom. The van der Waals surface area contributed by atoms with Crippen molar-refractivity contribution >= 4 is 5.97 Å². The molecule has 0 saturated carbocycles. The first kappa shape index (κ1) is 63.9. The average molecular weight is 959 g/mol. The van der Waals surface area contributed by atoms with Crippen LogP contribution in [0.25, 0.3) is 0 Å². The maximum absolute atomic E-state index is 12.9. The topological polar surface area (TPSA) is 135 Å². The van der Waals surface area contributed by atoms with Crippen molar-refractivity contribution in [2.75, 3.05) is 26.4 Å². The fourth-order valence-corrected chi connectivity index (χ4v) is 8.58. The van der Waals surface area contributed by atoms with Crippen LogP contribution in [0.2, 0.25) is 0 Å². The molecule has 0 bridgehead atoms. The smallest absolute Gasteiger partial charge is 0.306 e. The van der Waals surface area contributed by atoms with Gasteiger partial charge in [-0.3, -0.25) is 4.79 Å². The Kier molecular flexibility index (Phi) is 46.9. The van der Waals surface area contributed by atoms with Gasteiger partial charge in [-0.05, 0) is 57.8 Å². The number of rotatable bonds is 49. The number of carbonyl (C=O) groups excluding carboxylic acids is 1. The lowest BCUT2D eigenvalue weighted by Gasteiger charge is -2.39. The highest BCUT2D eigenvalue weighted by Gasteiger charge is 2.44. The molecule has 6 unspecified atom stereocenters. The van der Waals surface area contributed by atoms with Crippen molar-refractivity contribution in [1.29, 1.82) is 0 Å². The largest absolute Gasteiger partial charge is 0.457 e. The van der Waals surface area contributed by atoms with E-state index in [-0.39, 0.29) is 19.2 Å². The Hall–Kier alpha value is -2.11. The van der Waals surface area contributed by atoms with Crippen molar-refractivity contribution < 1.29 is 44.2 Å².